The topological polar surface area (TPSA) is 15.6 Å². The van der Waals surface area contributed by atoms with E-state index in [1.54, 1.807) is 0 Å². The molecule has 2 nitrogen and oxygen atoms in total. The average Bonchev–Trinajstić information content (AvgIpc) is 2.59. The predicted octanol–water partition coefficient (Wildman–Crippen LogP) is 7.23. The lowest BCUT2D eigenvalue weighted by Gasteiger charge is -2.12. The Morgan fingerprint density at radius 1 is 0.583 bits per heavy atom. The molecule has 0 atom stereocenters. The number of unbranched alkanes of at least 4 members (excludes halogenated alkanes) is 14. The number of hydrogen-bond acceptors (Lipinski definition) is 1. The van der Waals surface area contributed by atoms with E-state index in [1.807, 2.05) is 6.34 Å². The molecular weight excluding hydrogens is 292 g/mol. The molecule has 0 aliphatic rings. The summed E-state index contributed by atoms with van der Waals surface area (Å²) in [5, 5.41) is 0. The van der Waals surface area contributed by atoms with Crippen LogP contribution < -0.4 is 0 Å². The van der Waals surface area contributed by atoms with Crippen molar-refractivity contribution in [2.24, 2.45) is 4.99 Å². The van der Waals surface area contributed by atoms with Crippen LogP contribution in [0.4, 0.5) is 0 Å². The molecule has 2 heteroatoms. The van der Waals surface area contributed by atoms with Crippen LogP contribution in [0.2, 0.25) is 0 Å². The van der Waals surface area contributed by atoms with E-state index < -0.39 is 0 Å². The standard InChI is InChI=1S/C22H46N2/c1-4-6-8-10-11-12-13-14-15-16-17-19-21-24(3)22-23-20-18-9-7-5-2/h22H,4-21H2,1-3H3. The van der Waals surface area contributed by atoms with Gasteiger partial charge >= 0.3 is 0 Å². The Labute approximate surface area is 153 Å². The summed E-state index contributed by atoms with van der Waals surface area (Å²) in [5.41, 5.74) is 0. The zero-order chi connectivity index (χ0) is 17.7. The summed E-state index contributed by atoms with van der Waals surface area (Å²) in [6.07, 6.45) is 24.3. The van der Waals surface area contributed by atoms with Crippen LogP contribution >= 0.6 is 0 Å². The van der Waals surface area contributed by atoms with Gasteiger partial charge in [0, 0.05) is 20.1 Å². The molecule has 0 aromatic heterocycles. The minimum atomic E-state index is 1.00. The Hall–Kier alpha value is -0.530. The van der Waals surface area contributed by atoms with Crippen molar-refractivity contribution in [3.05, 3.63) is 0 Å². The van der Waals surface area contributed by atoms with Gasteiger partial charge in [-0.15, -0.1) is 0 Å². The van der Waals surface area contributed by atoms with Crippen molar-refractivity contribution in [2.45, 2.75) is 117 Å². The van der Waals surface area contributed by atoms with Gasteiger partial charge in [-0.05, 0) is 12.8 Å². The van der Waals surface area contributed by atoms with E-state index in [9.17, 15) is 0 Å². The van der Waals surface area contributed by atoms with Crippen molar-refractivity contribution in [3.63, 3.8) is 0 Å². The highest BCUT2D eigenvalue weighted by Crippen LogP contribution is 2.11. The monoisotopic (exact) mass is 338 g/mol. The van der Waals surface area contributed by atoms with E-state index >= 15 is 0 Å². The molecule has 0 fully saturated rings. The fraction of sp³-hybridized carbons (Fsp3) is 0.955. The van der Waals surface area contributed by atoms with E-state index in [4.69, 9.17) is 0 Å². The number of rotatable bonds is 19. The van der Waals surface area contributed by atoms with Crippen LogP contribution in [0, 0.1) is 0 Å². The van der Waals surface area contributed by atoms with Gasteiger partial charge in [0.15, 0.2) is 0 Å². The van der Waals surface area contributed by atoms with Crippen molar-refractivity contribution in [2.75, 3.05) is 20.1 Å². The Morgan fingerprint density at radius 2 is 1.00 bits per heavy atom. The molecule has 0 bridgehead atoms. The predicted molar refractivity (Wildman–Crippen MR) is 111 cm³/mol. The second-order valence-corrected chi connectivity index (χ2v) is 7.45. The summed E-state index contributed by atoms with van der Waals surface area (Å²) in [6.45, 7) is 6.71. The van der Waals surface area contributed by atoms with Gasteiger partial charge < -0.3 is 4.90 Å². The van der Waals surface area contributed by atoms with Crippen molar-refractivity contribution in [1.82, 2.24) is 4.90 Å². The van der Waals surface area contributed by atoms with E-state index in [0.29, 0.717) is 0 Å². The van der Waals surface area contributed by atoms with Crippen molar-refractivity contribution < 1.29 is 0 Å². The molecule has 0 rings (SSSR count). The Bertz CT molecular complexity index is 250. The maximum atomic E-state index is 4.52. The van der Waals surface area contributed by atoms with Crippen LogP contribution in [-0.4, -0.2) is 31.4 Å². The maximum absolute atomic E-state index is 4.52. The molecular formula is C22H46N2. The third-order valence-electron chi connectivity index (χ3n) is 4.78. The first-order chi connectivity index (χ1) is 11.8. The molecule has 0 heterocycles. The quantitative estimate of drug-likeness (QED) is 0.138. The first-order valence-corrected chi connectivity index (χ1v) is 11.0. The van der Waals surface area contributed by atoms with Crippen LogP contribution in [-0.2, 0) is 0 Å². The lowest BCUT2D eigenvalue weighted by atomic mass is 10.1. The smallest absolute Gasteiger partial charge is 0.0847 e. The second-order valence-electron chi connectivity index (χ2n) is 7.45. The van der Waals surface area contributed by atoms with Gasteiger partial charge in [0.05, 0.1) is 6.34 Å². The lowest BCUT2D eigenvalue weighted by Crippen LogP contribution is -2.17. The molecule has 0 saturated carbocycles. The molecule has 0 saturated heterocycles. The second kappa shape index (κ2) is 20.5. The van der Waals surface area contributed by atoms with Crippen molar-refractivity contribution in [3.8, 4) is 0 Å². The Balaban J connectivity index is 3.18. The van der Waals surface area contributed by atoms with Gasteiger partial charge in [0.25, 0.3) is 0 Å². The molecule has 0 unspecified atom stereocenters. The third kappa shape index (κ3) is 19.5. The fourth-order valence-electron chi connectivity index (χ4n) is 3.09. The molecule has 0 aliphatic carbocycles. The van der Waals surface area contributed by atoms with Crippen molar-refractivity contribution in [1.29, 1.82) is 0 Å². The summed E-state index contributed by atoms with van der Waals surface area (Å²) in [4.78, 5) is 6.78. The average molecular weight is 339 g/mol. The maximum Gasteiger partial charge on any atom is 0.0847 e. The fourth-order valence-corrected chi connectivity index (χ4v) is 3.09. The van der Waals surface area contributed by atoms with Gasteiger partial charge in [-0.3, -0.25) is 4.99 Å². The molecule has 0 aromatic rings. The largest absolute Gasteiger partial charge is 0.366 e. The van der Waals surface area contributed by atoms with Crippen LogP contribution in [0.25, 0.3) is 0 Å². The highest BCUT2D eigenvalue weighted by molar-refractivity contribution is 5.54. The van der Waals surface area contributed by atoms with Gasteiger partial charge in [-0.2, -0.15) is 0 Å². The molecule has 0 aromatic carbocycles. The Kier molecular flexibility index (Phi) is 20.1. The third-order valence-corrected chi connectivity index (χ3v) is 4.78. The lowest BCUT2D eigenvalue weighted by molar-refractivity contribution is 0.471. The molecule has 0 amide bonds. The van der Waals surface area contributed by atoms with E-state index in [-0.39, 0.29) is 0 Å². The summed E-state index contributed by atoms with van der Waals surface area (Å²) in [6, 6.07) is 0. The minimum Gasteiger partial charge on any atom is -0.366 e. The summed E-state index contributed by atoms with van der Waals surface area (Å²) in [5.74, 6) is 0. The normalized spacial score (nSPS) is 11.5. The Morgan fingerprint density at radius 3 is 1.50 bits per heavy atom. The van der Waals surface area contributed by atoms with Crippen LogP contribution in [0.1, 0.15) is 117 Å². The van der Waals surface area contributed by atoms with Gasteiger partial charge in [-0.1, -0.05) is 104 Å². The first kappa shape index (κ1) is 23.5. The minimum absolute atomic E-state index is 1.00. The van der Waals surface area contributed by atoms with E-state index in [2.05, 4.69) is 30.8 Å². The zero-order valence-corrected chi connectivity index (χ0v) is 17.2. The van der Waals surface area contributed by atoms with E-state index in [0.717, 1.165) is 13.1 Å². The molecule has 144 valence electrons. The van der Waals surface area contributed by atoms with Crippen LogP contribution in [0.15, 0.2) is 4.99 Å². The summed E-state index contributed by atoms with van der Waals surface area (Å²) in [7, 11) is 2.16. The first-order valence-electron chi connectivity index (χ1n) is 11.0. The summed E-state index contributed by atoms with van der Waals surface area (Å²) >= 11 is 0. The summed E-state index contributed by atoms with van der Waals surface area (Å²) < 4.78 is 0. The molecule has 0 radical (unpaired) electrons. The molecule has 0 N–H and O–H groups in total. The van der Waals surface area contributed by atoms with Gasteiger partial charge in [0.1, 0.15) is 0 Å². The molecule has 0 aliphatic heterocycles. The molecule has 0 spiro atoms. The SMILES string of the molecule is CCCCCCCCCCCCCCN(C)C=NCCCCCC. The highest BCUT2D eigenvalue weighted by Gasteiger charge is 1.95. The van der Waals surface area contributed by atoms with Gasteiger partial charge in [-0.25, -0.2) is 0 Å². The van der Waals surface area contributed by atoms with Crippen LogP contribution in [0.5, 0.6) is 0 Å². The van der Waals surface area contributed by atoms with E-state index in [1.165, 1.54) is 103 Å². The van der Waals surface area contributed by atoms with Crippen molar-refractivity contribution >= 4 is 6.34 Å². The van der Waals surface area contributed by atoms with Crippen LogP contribution in [0.3, 0.4) is 0 Å². The number of hydrogen-bond donors (Lipinski definition) is 0. The number of nitrogens with zero attached hydrogens (tertiary/aromatic N) is 2. The number of aliphatic imine (C=N–C) groups is 1. The highest BCUT2D eigenvalue weighted by atomic mass is 15.1. The molecule has 24 heavy (non-hydrogen) atoms. The van der Waals surface area contributed by atoms with Gasteiger partial charge in [0.2, 0.25) is 0 Å². The zero-order valence-electron chi connectivity index (χ0n) is 17.2.